The maximum absolute atomic E-state index is 14.2. The molecule has 0 amide bonds. The highest BCUT2D eigenvalue weighted by Crippen LogP contribution is 2.40. The van der Waals surface area contributed by atoms with Gasteiger partial charge < -0.3 is 0 Å². The summed E-state index contributed by atoms with van der Waals surface area (Å²) in [6.45, 7) is -0.439. The van der Waals surface area contributed by atoms with E-state index in [0.29, 0.717) is 5.56 Å². The van der Waals surface area contributed by atoms with Crippen molar-refractivity contribution in [3.63, 3.8) is 0 Å². The minimum Gasteiger partial charge on any atom is -0.245 e. The summed E-state index contributed by atoms with van der Waals surface area (Å²) in [7, 11) is 0. The van der Waals surface area contributed by atoms with E-state index < -0.39 is 24.3 Å². The summed E-state index contributed by atoms with van der Waals surface area (Å²) in [6, 6.07) is 36.8. The van der Waals surface area contributed by atoms with Gasteiger partial charge in [0.1, 0.15) is 0 Å². The number of aromatic nitrogens is 4. The molecule has 0 atom stereocenters. The molecule has 1 aromatic heterocycles. The van der Waals surface area contributed by atoms with E-state index in [9.17, 15) is 13.2 Å². The van der Waals surface area contributed by atoms with Crippen LogP contribution in [0.4, 0.5) is 19.1 Å². The van der Waals surface area contributed by atoms with Crippen LogP contribution in [-0.2, 0) is 12.1 Å². The van der Waals surface area contributed by atoms with Crippen molar-refractivity contribution in [2.75, 3.05) is 4.90 Å². The summed E-state index contributed by atoms with van der Waals surface area (Å²) in [5, 5.41) is 12.5. The first kappa shape index (κ1) is 23.3. The van der Waals surface area contributed by atoms with E-state index in [1.165, 1.54) is 4.80 Å². The van der Waals surface area contributed by atoms with Crippen molar-refractivity contribution in [3.8, 4) is 0 Å². The van der Waals surface area contributed by atoms with Gasteiger partial charge in [-0.25, -0.2) is 4.90 Å². The summed E-state index contributed by atoms with van der Waals surface area (Å²) in [5.41, 5.74) is 1.68. The molecule has 0 radical (unpaired) electrons. The van der Waals surface area contributed by atoms with E-state index in [1.807, 2.05) is 91.0 Å². The first-order valence-electron chi connectivity index (χ1n) is 11.3. The third-order valence-corrected chi connectivity index (χ3v) is 6.01. The monoisotopic (exact) mass is 485 g/mol. The maximum atomic E-state index is 14.2. The lowest BCUT2D eigenvalue weighted by Crippen LogP contribution is -2.41. The molecule has 0 unspecified atom stereocenters. The second-order valence-corrected chi connectivity index (χ2v) is 8.23. The molecule has 0 fully saturated rings. The van der Waals surface area contributed by atoms with E-state index in [-0.39, 0.29) is 4.90 Å². The van der Waals surface area contributed by atoms with Crippen molar-refractivity contribution in [1.29, 1.82) is 0 Å². The number of halogens is 3. The number of tetrazole rings is 1. The van der Waals surface area contributed by atoms with Crippen molar-refractivity contribution < 1.29 is 13.2 Å². The SMILES string of the molecule is FC(F)(F)N(Cc1ccccc1)c1nnn(C(c2ccccc2)(c2ccccc2)c2ccccc2)n1. The molecule has 0 N–H and O–H groups in total. The molecule has 5 rings (SSSR count). The number of nitrogens with zero attached hydrogens (tertiary/aromatic N) is 5. The van der Waals surface area contributed by atoms with Crippen LogP contribution < -0.4 is 4.90 Å². The minimum absolute atomic E-state index is 0.206. The lowest BCUT2D eigenvalue weighted by molar-refractivity contribution is -0.131. The molecule has 36 heavy (non-hydrogen) atoms. The predicted molar refractivity (Wildman–Crippen MR) is 131 cm³/mol. The van der Waals surface area contributed by atoms with Crippen molar-refractivity contribution >= 4 is 5.95 Å². The standard InChI is InChI=1S/C28H22F3N5/c29-28(30,31)35(21-22-13-5-1-6-14-22)26-32-34-36(33-26)27(23-15-7-2-8-16-23,24-17-9-3-10-18-24)25-19-11-4-12-20-25/h1-20H,21H2. The van der Waals surface area contributed by atoms with E-state index in [4.69, 9.17) is 0 Å². The molecule has 0 aliphatic heterocycles. The Bertz CT molecular complexity index is 1290. The summed E-state index contributed by atoms with van der Waals surface area (Å²) in [4.78, 5) is 1.49. The van der Waals surface area contributed by atoms with Crippen LogP contribution >= 0.6 is 0 Å². The van der Waals surface area contributed by atoms with Crippen molar-refractivity contribution in [1.82, 2.24) is 20.2 Å². The Kier molecular flexibility index (Phi) is 6.25. The van der Waals surface area contributed by atoms with E-state index in [0.717, 1.165) is 16.7 Å². The highest BCUT2D eigenvalue weighted by molar-refractivity contribution is 5.50. The van der Waals surface area contributed by atoms with Crippen LogP contribution in [0.1, 0.15) is 22.3 Å². The molecule has 180 valence electrons. The number of benzene rings is 4. The summed E-state index contributed by atoms with van der Waals surface area (Å²) in [6.07, 6.45) is -4.71. The second-order valence-electron chi connectivity index (χ2n) is 8.23. The Morgan fingerprint density at radius 2 is 1.03 bits per heavy atom. The van der Waals surface area contributed by atoms with Gasteiger partial charge in [-0.3, -0.25) is 0 Å². The third-order valence-electron chi connectivity index (χ3n) is 6.01. The zero-order chi connectivity index (χ0) is 25.0. The third kappa shape index (κ3) is 4.33. The summed E-state index contributed by atoms with van der Waals surface area (Å²) >= 11 is 0. The largest absolute Gasteiger partial charge is 0.487 e. The van der Waals surface area contributed by atoms with Crippen LogP contribution in [0.15, 0.2) is 121 Å². The average Bonchev–Trinajstić information content (AvgIpc) is 3.39. The zero-order valence-corrected chi connectivity index (χ0v) is 19.1. The first-order chi connectivity index (χ1) is 17.5. The van der Waals surface area contributed by atoms with Crippen LogP contribution in [0.2, 0.25) is 0 Å². The van der Waals surface area contributed by atoms with E-state index in [1.54, 1.807) is 30.3 Å². The lowest BCUT2D eigenvalue weighted by atomic mass is 9.77. The van der Waals surface area contributed by atoms with Gasteiger partial charge in [-0.1, -0.05) is 126 Å². The summed E-state index contributed by atoms with van der Waals surface area (Å²) < 4.78 is 42.5. The molecule has 4 aromatic carbocycles. The molecule has 0 aliphatic carbocycles. The molecule has 0 saturated heterocycles. The van der Waals surface area contributed by atoms with Crippen molar-refractivity contribution in [2.45, 2.75) is 18.4 Å². The van der Waals surface area contributed by atoms with Gasteiger partial charge in [-0.2, -0.15) is 0 Å². The number of rotatable bonds is 7. The van der Waals surface area contributed by atoms with Gasteiger partial charge in [0.15, 0.2) is 5.54 Å². The number of alkyl halides is 3. The Balaban J connectivity index is 1.72. The first-order valence-corrected chi connectivity index (χ1v) is 11.3. The Morgan fingerprint density at radius 1 is 0.611 bits per heavy atom. The van der Waals surface area contributed by atoms with Crippen LogP contribution in [0, 0.1) is 0 Å². The smallest absolute Gasteiger partial charge is 0.245 e. The maximum Gasteiger partial charge on any atom is 0.487 e. The zero-order valence-electron chi connectivity index (χ0n) is 19.1. The van der Waals surface area contributed by atoms with E-state index >= 15 is 0 Å². The molecule has 8 heteroatoms. The highest BCUT2D eigenvalue weighted by atomic mass is 19.4. The fourth-order valence-corrected chi connectivity index (χ4v) is 4.38. The molecule has 0 spiro atoms. The quantitative estimate of drug-likeness (QED) is 0.208. The van der Waals surface area contributed by atoms with Crippen molar-refractivity contribution in [3.05, 3.63) is 144 Å². The van der Waals surface area contributed by atoms with Gasteiger partial charge >= 0.3 is 6.30 Å². The highest BCUT2D eigenvalue weighted by Gasteiger charge is 2.44. The molecular weight excluding hydrogens is 463 g/mol. The van der Waals surface area contributed by atoms with Crippen LogP contribution in [-0.4, -0.2) is 26.5 Å². The number of hydrogen-bond donors (Lipinski definition) is 0. The molecule has 0 saturated carbocycles. The fraction of sp³-hybridized carbons (Fsp3) is 0.107. The molecular formula is C28H22F3N5. The Hall–Kier alpha value is -4.46. The Morgan fingerprint density at radius 3 is 1.44 bits per heavy atom. The number of hydrogen-bond acceptors (Lipinski definition) is 4. The molecule has 5 aromatic rings. The Labute approximate surface area is 206 Å². The van der Waals surface area contributed by atoms with Gasteiger partial charge in [-0.05, 0) is 27.5 Å². The average molecular weight is 486 g/mol. The fourth-order valence-electron chi connectivity index (χ4n) is 4.38. The normalized spacial score (nSPS) is 11.9. The van der Waals surface area contributed by atoms with Gasteiger partial charge in [-0.15, -0.1) is 23.1 Å². The van der Waals surface area contributed by atoms with Crippen LogP contribution in [0.5, 0.6) is 0 Å². The topological polar surface area (TPSA) is 46.8 Å². The van der Waals surface area contributed by atoms with Crippen molar-refractivity contribution in [2.24, 2.45) is 0 Å². The van der Waals surface area contributed by atoms with E-state index in [2.05, 4.69) is 15.4 Å². The van der Waals surface area contributed by atoms with Gasteiger partial charge in [0, 0.05) is 0 Å². The minimum atomic E-state index is -4.71. The summed E-state index contributed by atoms with van der Waals surface area (Å²) in [5.74, 6) is -0.529. The predicted octanol–water partition coefficient (Wildman–Crippen LogP) is 6.04. The molecule has 0 aliphatic rings. The molecule has 5 nitrogen and oxygen atoms in total. The van der Waals surface area contributed by atoms with Gasteiger partial charge in [0.2, 0.25) is 0 Å². The van der Waals surface area contributed by atoms with Crippen LogP contribution in [0.3, 0.4) is 0 Å². The van der Waals surface area contributed by atoms with Gasteiger partial charge in [0.05, 0.1) is 6.54 Å². The van der Waals surface area contributed by atoms with Crippen LogP contribution in [0.25, 0.3) is 0 Å². The lowest BCUT2D eigenvalue weighted by Gasteiger charge is -2.34. The second kappa shape index (κ2) is 9.65. The molecule has 1 heterocycles. The molecule has 0 bridgehead atoms. The van der Waals surface area contributed by atoms with Gasteiger partial charge in [0.25, 0.3) is 5.95 Å². The number of anilines is 1.